The van der Waals surface area contributed by atoms with Crippen LogP contribution in [0.5, 0.6) is 0 Å². The molecule has 0 spiro atoms. The largest absolute Gasteiger partial charge is 0.399 e. The van der Waals surface area contributed by atoms with E-state index < -0.39 is 0 Å². The monoisotopic (exact) mass is 343 g/mol. The van der Waals surface area contributed by atoms with Crippen LogP contribution < -0.4 is 0 Å². The SMILES string of the molecule is CCC1(COC)CCCC2(C)c3cc(C=O)ccc3/C(=N\OC)C[C@@H]12. The first-order valence-electron chi connectivity index (χ1n) is 9.23. The van der Waals surface area contributed by atoms with E-state index in [1.807, 2.05) is 12.1 Å². The van der Waals surface area contributed by atoms with Crippen molar-refractivity contribution in [3.63, 3.8) is 0 Å². The highest BCUT2D eigenvalue weighted by atomic mass is 16.6. The zero-order valence-corrected chi connectivity index (χ0v) is 15.8. The van der Waals surface area contributed by atoms with E-state index in [0.717, 1.165) is 49.0 Å². The molecule has 1 aromatic carbocycles. The Kier molecular flexibility index (Phi) is 5.01. The molecule has 2 aliphatic rings. The third-order valence-corrected chi connectivity index (χ3v) is 6.72. The van der Waals surface area contributed by atoms with Gasteiger partial charge in [-0.2, -0.15) is 0 Å². The van der Waals surface area contributed by atoms with Crippen LogP contribution in [0.25, 0.3) is 0 Å². The van der Waals surface area contributed by atoms with Crippen LogP contribution in [-0.2, 0) is 15.0 Å². The molecule has 2 aliphatic carbocycles. The van der Waals surface area contributed by atoms with Gasteiger partial charge in [0.2, 0.25) is 0 Å². The van der Waals surface area contributed by atoms with E-state index in [-0.39, 0.29) is 10.8 Å². The van der Waals surface area contributed by atoms with Crippen LogP contribution in [0, 0.1) is 11.3 Å². The Morgan fingerprint density at radius 3 is 2.76 bits per heavy atom. The van der Waals surface area contributed by atoms with Crippen molar-refractivity contribution in [3.8, 4) is 0 Å². The van der Waals surface area contributed by atoms with Crippen LogP contribution in [0.4, 0.5) is 0 Å². The Balaban J connectivity index is 2.20. The fraction of sp³-hybridized carbons (Fsp3) is 0.619. The standard InChI is InChI=1S/C21H29NO3/c1-5-21(14-24-3)10-6-9-20(2)17-11-15(13-23)7-8-16(17)18(22-25-4)12-19(20)21/h7-8,11,13,19H,5-6,9-10,12,14H2,1-4H3/b22-18-/t19-,20?,21?/m1/s1. The summed E-state index contributed by atoms with van der Waals surface area (Å²) in [5.74, 6) is 0.432. The normalized spacial score (nSPS) is 32.8. The summed E-state index contributed by atoms with van der Waals surface area (Å²) in [6, 6.07) is 5.99. The molecular weight excluding hydrogens is 314 g/mol. The number of oxime groups is 1. The molecule has 4 nitrogen and oxygen atoms in total. The Bertz CT molecular complexity index is 680. The van der Waals surface area contributed by atoms with Gasteiger partial charge >= 0.3 is 0 Å². The molecule has 0 amide bonds. The molecule has 0 N–H and O–H groups in total. The van der Waals surface area contributed by atoms with Crippen molar-refractivity contribution in [1.29, 1.82) is 0 Å². The summed E-state index contributed by atoms with van der Waals surface area (Å²) in [4.78, 5) is 16.5. The molecule has 4 heteroatoms. The van der Waals surface area contributed by atoms with Gasteiger partial charge in [-0.25, -0.2) is 0 Å². The van der Waals surface area contributed by atoms with Crippen molar-refractivity contribution in [3.05, 3.63) is 34.9 Å². The van der Waals surface area contributed by atoms with Crippen LogP contribution in [0.1, 0.15) is 67.4 Å². The third kappa shape index (κ3) is 2.80. The maximum atomic E-state index is 11.4. The summed E-state index contributed by atoms with van der Waals surface area (Å²) in [6.45, 7) is 5.41. The fourth-order valence-electron chi connectivity index (χ4n) is 5.44. The Hall–Kier alpha value is -1.68. The molecule has 0 radical (unpaired) electrons. The number of rotatable bonds is 5. The average molecular weight is 343 g/mol. The van der Waals surface area contributed by atoms with Crippen LogP contribution in [0.2, 0.25) is 0 Å². The lowest BCUT2D eigenvalue weighted by Crippen LogP contribution is -2.53. The van der Waals surface area contributed by atoms with Crippen LogP contribution in [-0.4, -0.2) is 32.8 Å². The number of fused-ring (bicyclic) bond motifs is 3. The number of aldehydes is 1. The Morgan fingerprint density at radius 2 is 2.12 bits per heavy atom. The number of hydrogen-bond acceptors (Lipinski definition) is 4. The zero-order chi connectivity index (χ0) is 18.1. The highest BCUT2D eigenvalue weighted by Gasteiger charge is 2.54. The summed E-state index contributed by atoms with van der Waals surface area (Å²) < 4.78 is 5.67. The van der Waals surface area contributed by atoms with Gasteiger partial charge in [0.1, 0.15) is 13.4 Å². The minimum Gasteiger partial charge on any atom is -0.399 e. The number of hydrogen-bond donors (Lipinski definition) is 0. The molecular formula is C21H29NO3. The second-order valence-electron chi connectivity index (χ2n) is 7.82. The van der Waals surface area contributed by atoms with Gasteiger partial charge in [-0.3, -0.25) is 4.79 Å². The molecule has 0 bridgehead atoms. The molecule has 0 aromatic heterocycles. The molecule has 1 saturated carbocycles. The molecule has 2 unspecified atom stereocenters. The second kappa shape index (κ2) is 6.91. The number of benzene rings is 1. The molecule has 136 valence electrons. The summed E-state index contributed by atoms with van der Waals surface area (Å²) in [6.07, 6.45) is 6.43. The molecule has 1 aromatic rings. The number of ether oxygens (including phenoxy) is 1. The number of carbonyl (C=O) groups excluding carboxylic acids is 1. The Labute approximate surface area is 150 Å². The van der Waals surface area contributed by atoms with E-state index in [0.29, 0.717) is 5.92 Å². The number of methoxy groups -OCH3 is 1. The van der Waals surface area contributed by atoms with Gasteiger partial charge in [0, 0.05) is 18.2 Å². The minimum absolute atomic E-state index is 0.0356. The van der Waals surface area contributed by atoms with Crippen LogP contribution in [0.3, 0.4) is 0 Å². The van der Waals surface area contributed by atoms with E-state index in [4.69, 9.17) is 9.57 Å². The predicted octanol–water partition coefficient (Wildman–Crippen LogP) is 4.35. The van der Waals surface area contributed by atoms with E-state index >= 15 is 0 Å². The van der Waals surface area contributed by atoms with E-state index in [2.05, 4.69) is 25.1 Å². The minimum atomic E-state index is 0.0356. The lowest BCUT2D eigenvalue weighted by atomic mass is 9.48. The second-order valence-corrected chi connectivity index (χ2v) is 7.82. The lowest BCUT2D eigenvalue weighted by Gasteiger charge is -2.56. The third-order valence-electron chi connectivity index (χ3n) is 6.72. The van der Waals surface area contributed by atoms with E-state index in [1.54, 1.807) is 14.2 Å². The van der Waals surface area contributed by atoms with Crippen molar-refractivity contribution in [2.75, 3.05) is 20.8 Å². The predicted molar refractivity (Wildman–Crippen MR) is 99.3 cm³/mol. The molecule has 0 heterocycles. The van der Waals surface area contributed by atoms with Gasteiger partial charge in [0.25, 0.3) is 0 Å². The highest BCUT2D eigenvalue weighted by Crippen LogP contribution is 2.58. The fourth-order valence-corrected chi connectivity index (χ4v) is 5.44. The topological polar surface area (TPSA) is 47.9 Å². The first-order valence-corrected chi connectivity index (χ1v) is 9.23. The van der Waals surface area contributed by atoms with Gasteiger partial charge in [0.05, 0.1) is 12.3 Å². The van der Waals surface area contributed by atoms with Crippen molar-refractivity contribution < 1.29 is 14.4 Å². The van der Waals surface area contributed by atoms with Gasteiger partial charge in [-0.05, 0) is 54.1 Å². The number of nitrogens with zero attached hydrogens (tertiary/aromatic N) is 1. The number of carbonyl (C=O) groups is 1. The molecule has 25 heavy (non-hydrogen) atoms. The summed E-state index contributed by atoms with van der Waals surface area (Å²) in [5.41, 5.74) is 4.29. The summed E-state index contributed by atoms with van der Waals surface area (Å²) in [7, 11) is 3.40. The van der Waals surface area contributed by atoms with Gasteiger partial charge in [0.15, 0.2) is 0 Å². The quantitative estimate of drug-likeness (QED) is 0.590. The summed E-state index contributed by atoms with van der Waals surface area (Å²) in [5, 5.41) is 4.35. The molecule has 0 saturated heterocycles. The zero-order valence-electron chi connectivity index (χ0n) is 15.8. The van der Waals surface area contributed by atoms with Crippen molar-refractivity contribution in [1.82, 2.24) is 0 Å². The van der Waals surface area contributed by atoms with Crippen molar-refractivity contribution in [2.45, 2.75) is 51.4 Å². The summed E-state index contributed by atoms with van der Waals surface area (Å²) >= 11 is 0. The molecule has 3 atom stereocenters. The maximum Gasteiger partial charge on any atom is 0.150 e. The lowest BCUT2D eigenvalue weighted by molar-refractivity contribution is -0.0391. The van der Waals surface area contributed by atoms with Crippen molar-refractivity contribution in [2.24, 2.45) is 16.5 Å². The average Bonchev–Trinajstić information content (AvgIpc) is 2.63. The molecule has 0 aliphatic heterocycles. The molecule has 3 rings (SSSR count). The Morgan fingerprint density at radius 1 is 1.32 bits per heavy atom. The van der Waals surface area contributed by atoms with Gasteiger partial charge in [-0.1, -0.05) is 37.6 Å². The van der Waals surface area contributed by atoms with Gasteiger partial charge < -0.3 is 9.57 Å². The van der Waals surface area contributed by atoms with Gasteiger partial charge in [-0.15, -0.1) is 0 Å². The molecule has 1 fully saturated rings. The van der Waals surface area contributed by atoms with E-state index in [9.17, 15) is 4.79 Å². The van der Waals surface area contributed by atoms with Crippen LogP contribution in [0.15, 0.2) is 23.4 Å². The first-order chi connectivity index (χ1) is 12.0. The highest BCUT2D eigenvalue weighted by molar-refractivity contribution is 6.04. The van der Waals surface area contributed by atoms with Crippen LogP contribution >= 0.6 is 0 Å². The van der Waals surface area contributed by atoms with Crippen molar-refractivity contribution >= 4 is 12.0 Å². The first kappa shape index (κ1) is 18.1. The van der Waals surface area contributed by atoms with E-state index in [1.165, 1.54) is 18.4 Å². The smallest absolute Gasteiger partial charge is 0.150 e. The maximum absolute atomic E-state index is 11.4.